The van der Waals surface area contributed by atoms with Crippen LogP contribution < -0.4 is 4.90 Å². The van der Waals surface area contributed by atoms with Crippen molar-refractivity contribution in [1.82, 2.24) is 9.88 Å². The molecule has 0 radical (unpaired) electrons. The van der Waals surface area contributed by atoms with E-state index in [1.54, 1.807) is 6.07 Å². The van der Waals surface area contributed by atoms with Gasteiger partial charge in [-0.1, -0.05) is 13.8 Å². The van der Waals surface area contributed by atoms with Crippen LogP contribution in [0.3, 0.4) is 0 Å². The fourth-order valence-electron chi connectivity index (χ4n) is 3.40. The van der Waals surface area contributed by atoms with E-state index in [1.807, 2.05) is 11.0 Å². The SMILES string of the molecule is COC(=O)c1ccc(N2CCN(C(=O)[C@H]3CC3(C)C)CC2C)nc1. The van der Waals surface area contributed by atoms with Gasteiger partial charge in [0.15, 0.2) is 0 Å². The third-order valence-electron chi connectivity index (χ3n) is 5.21. The van der Waals surface area contributed by atoms with Crippen LogP contribution in [0.4, 0.5) is 5.82 Å². The Bertz CT molecular complexity index is 641. The van der Waals surface area contributed by atoms with Crippen molar-refractivity contribution in [2.45, 2.75) is 33.2 Å². The Morgan fingerprint density at radius 2 is 2.00 bits per heavy atom. The van der Waals surface area contributed by atoms with Gasteiger partial charge in [-0.05, 0) is 30.9 Å². The van der Waals surface area contributed by atoms with Crippen LogP contribution >= 0.6 is 0 Å². The number of anilines is 1. The zero-order valence-corrected chi connectivity index (χ0v) is 14.8. The van der Waals surface area contributed by atoms with Gasteiger partial charge in [0.1, 0.15) is 5.82 Å². The number of carbonyl (C=O) groups excluding carboxylic acids is 2. The molecule has 1 saturated heterocycles. The number of rotatable bonds is 3. The first-order chi connectivity index (χ1) is 11.3. The molecule has 0 aromatic carbocycles. The van der Waals surface area contributed by atoms with Crippen molar-refractivity contribution in [3.05, 3.63) is 23.9 Å². The molecule has 1 unspecified atom stereocenters. The van der Waals surface area contributed by atoms with Gasteiger partial charge in [-0.25, -0.2) is 9.78 Å². The molecule has 1 aromatic rings. The van der Waals surface area contributed by atoms with Crippen molar-refractivity contribution in [3.8, 4) is 0 Å². The van der Waals surface area contributed by atoms with E-state index in [2.05, 4.69) is 30.7 Å². The number of carbonyl (C=O) groups is 2. The average Bonchev–Trinajstić information content (AvgIpc) is 3.22. The highest BCUT2D eigenvalue weighted by Gasteiger charge is 2.52. The topological polar surface area (TPSA) is 62.7 Å². The van der Waals surface area contributed by atoms with Crippen LogP contribution in [0.2, 0.25) is 0 Å². The monoisotopic (exact) mass is 331 g/mol. The van der Waals surface area contributed by atoms with Crippen LogP contribution in [0.25, 0.3) is 0 Å². The fourth-order valence-corrected chi connectivity index (χ4v) is 3.40. The predicted molar refractivity (Wildman–Crippen MR) is 90.9 cm³/mol. The van der Waals surface area contributed by atoms with Crippen molar-refractivity contribution in [2.24, 2.45) is 11.3 Å². The van der Waals surface area contributed by atoms with E-state index in [-0.39, 0.29) is 23.3 Å². The second-order valence-electron chi connectivity index (χ2n) is 7.47. The summed E-state index contributed by atoms with van der Waals surface area (Å²) in [7, 11) is 1.36. The van der Waals surface area contributed by atoms with Crippen molar-refractivity contribution >= 4 is 17.7 Å². The first-order valence-electron chi connectivity index (χ1n) is 8.43. The summed E-state index contributed by atoms with van der Waals surface area (Å²) in [6, 6.07) is 3.76. The zero-order chi connectivity index (χ0) is 17.5. The van der Waals surface area contributed by atoms with Gasteiger partial charge in [-0.15, -0.1) is 0 Å². The molecule has 0 bridgehead atoms. The van der Waals surface area contributed by atoms with E-state index >= 15 is 0 Å². The number of amides is 1. The lowest BCUT2D eigenvalue weighted by atomic mass is 10.1. The number of ether oxygens (including phenoxy) is 1. The lowest BCUT2D eigenvalue weighted by molar-refractivity contribution is -0.134. The molecule has 1 saturated carbocycles. The van der Waals surface area contributed by atoms with E-state index in [9.17, 15) is 9.59 Å². The number of methoxy groups -OCH3 is 1. The second-order valence-corrected chi connectivity index (χ2v) is 7.47. The quantitative estimate of drug-likeness (QED) is 0.792. The van der Waals surface area contributed by atoms with Crippen LogP contribution in [-0.4, -0.2) is 54.5 Å². The predicted octanol–water partition coefficient (Wildman–Crippen LogP) is 1.95. The van der Waals surface area contributed by atoms with Crippen LogP contribution in [0, 0.1) is 11.3 Å². The van der Waals surface area contributed by atoms with Gasteiger partial charge in [0, 0.05) is 37.8 Å². The summed E-state index contributed by atoms with van der Waals surface area (Å²) >= 11 is 0. The molecule has 1 aliphatic heterocycles. The molecule has 2 fully saturated rings. The molecule has 3 rings (SSSR count). The Kier molecular flexibility index (Phi) is 4.24. The molecule has 1 amide bonds. The van der Waals surface area contributed by atoms with Crippen LogP contribution in [0.5, 0.6) is 0 Å². The molecular weight excluding hydrogens is 306 g/mol. The van der Waals surface area contributed by atoms with E-state index in [4.69, 9.17) is 4.74 Å². The molecule has 24 heavy (non-hydrogen) atoms. The Morgan fingerprint density at radius 3 is 2.50 bits per heavy atom. The minimum Gasteiger partial charge on any atom is -0.465 e. The lowest BCUT2D eigenvalue weighted by Crippen LogP contribution is -2.54. The summed E-state index contributed by atoms with van der Waals surface area (Å²) in [6.45, 7) is 8.60. The Labute approximate surface area is 142 Å². The Hall–Kier alpha value is -2.11. The number of pyridine rings is 1. The van der Waals surface area contributed by atoms with Gasteiger partial charge in [0.05, 0.1) is 12.7 Å². The largest absolute Gasteiger partial charge is 0.465 e. The summed E-state index contributed by atoms with van der Waals surface area (Å²) in [6.07, 6.45) is 2.54. The number of nitrogens with zero attached hydrogens (tertiary/aromatic N) is 3. The zero-order valence-electron chi connectivity index (χ0n) is 14.8. The maximum atomic E-state index is 12.6. The second kappa shape index (κ2) is 6.07. The summed E-state index contributed by atoms with van der Waals surface area (Å²) in [5, 5.41) is 0. The standard InChI is InChI=1S/C18H25N3O3/c1-12-11-20(16(22)14-9-18(14,2)3)7-8-21(12)15-6-5-13(10-19-15)17(23)24-4/h5-6,10,12,14H,7-9,11H2,1-4H3/t12?,14-/m1/s1. The lowest BCUT2D eigenvalue weighted by Gasteiger charge is -2.40. The van der Waals surface area contributed by atoms with Crippen molar-refractivity contribution < 1.29 is 14.3 Å². The fraction of sp³-hybridized carbons (Fsp3) is 0.611. The van der Waals surface area contributed by atoms with Crippen LogP contribution in [0.15, 0.2) is 18.3 Å². The minimum atomic E-state index is -0.385. The average molecular weight is 331 g/mol. The molecular formula is C18H25N3O3. The Balaban J connectivity index is 1.63. The molecule has 1 aromatic heterocycles. The summed E-state index contributed by atoms with van der Waals surface area (Å²) in [5.74, 6) is 0.924. The molecule has 6 heteroatoms. The highest BCUT2D eigenvalue weighted by atomic mass is 16.5. The van der Waals surface area contributed by atoms with Crippen LogP contribution in [-0.2, 0) is 9.53 Å². The van der Waals surface area contributed by atoms with E-state index in [0.717, 1.165) is 25.3 Å². The van der Waals surface area contributed by atoms with Crippen molar-refractivity contribution in [1.29, 1.82) is 0 Å². The summed E-state index contributed by atoms with van der Waals surface area (Å²) in [5.41, 5.74) is 0.613. The van der Waals surface area contributed by atoms with Crippen molar-refractivity contribution in [3.63, 3.8) is 0 Å². The first kappa shape index (κ1) is 16.7. The highest BCUT2D eigenvalue weighted by Crippen LogP contribution is 2.52. The van der Waals surface area contributed by atoms with E-state index in [0.29, 0.717) is 18.0 Å². The number of piperazine rings is 1. The third-order valence-corrected chi connectivity index (χ3v) is 5.21. The molecule has 1 aliphatic carbocycles. The molecule has 2 aliphatic rings. The first-order valence-corrected chi connectivity index (χ1v) is 8.43. The molecule has 2 atom stereocenters. The van der Waals surface area contributed by atoms with Gasteiger partial charge in [-0.3, -0.25) is 4.79 Å². The van der Waals surface area contributed by atoms with Gasteiger partial charge in [0.25, 0.3) is 0 Å². The number of esters is 1. The molecule has 130 valence electrons. The molecule has 6 nitrogen and oxygen atoms in total. The summed E-state index contributed by atoms with van der Waals surface area (Å²) < 4.78 is 4.69. The van der Waals surface area contributed by atoms with Gasteiger partial charge in [-0.2, -0.15) is 0 Å². The normalized spacial score (nSPS) is 25.3. The van der Waals surface area contributed by atoms with Gasteiger partial charge < -0.3 is 14.5 Å². The number of hydrogen-bond donors (Lipinski definition) is 0. The highest BCUT2D eigenvalue weighted by molar-refractivity contribution is 5.89. The van der Waals surface area contributed by atoms with Gasteiger partial charge in [0.2, 0.25) is 5.91 Å². The smallest absolute Gasteiger partial charge is 0.339 e. The third kappa shape index (κ3) is 3.09. The van der Waals surface area contributed by atoms with Gasteiger partial charge >= 0.3 is 5.97 Å². The number of hydrogen-bond acceptors (Lipinski definition) is 5. The van der Waals surface area contributed by atoms with Crippen LogP contribution in [0.1, 0.15) is 37.6 Å². The van der Waals surface area contributed by atoms with E-state index < -0.39 is 0 Å². The maximum Gasteiger partial charge on any atom is 0.339 e. The Morgan fingerprint density at radius 1 is 1.29 bits per heavy atom. The maximum absolute atomic E-state index is 12.6. The molecule has 0 N–H and O–H groups in total. The molecule has 2 heterocycles. The van der Waals surface area contributed by atoms with Crippen molar-refractivity contribution in [2.75, 3.05) is 31.6 Å². The van der Waals surface area contributed by atoms with E-state index in [1.165, 1.54) is 13.3 Å². The molecule has 0 spiro atoms. The number of aromatic nitrogens is 1. The summed E-state index contributed by atoms with van der Waals surface area (Å²) in [4.78, 5) is 32.6. The minimum absolute atomic E-state index is 0.169.